The summed E-state index contributed by atoms with van der Waals surface area (Å²) in [5.74, 6) is -1.97. The highest BCUT2D eigenvalue weighted by Gasteiger charge is 2.60. The van der Waals surface area contributed by atoms with Gasteiger partial charge in [0.2, 0.25) is 0 Å². The minimum absolute atomic E-state index is 0.0756. The highest BCUT2D eigenvalue weighted by atomic mass is 32.2. The number of halogens is 3. The maximum Gasteiger partial charge on any atom is 0.534 e. The standard InChI is InChI=1S/C23H27F3N2O7S/c1-4-13-11-28-9-8-22(18(28)10-14(13)15(12-33-2)21(30)34-3)20(29)19-16(27-22)6-5-7-17(19)35-36(31,32)23(24,25)26/h5-7,12-14,18,27H,4,8-11H2,1-3H3/b15-12-/t13-,14+,18?,22+/m1/s1. The lowest BCUT2D eigenvalue weighted by atomic mass is 9.72. The molecular formula is C23H27F3N2O7S. The predicted octanol–water partition coefficient (Wildman–Crippen LogP) is 3.09. The van der Waals surface area contributed by atoms with Gasteiger partial charge in [-0.25, -0.2) is 4.79 Å². The van der Waals surface area contributed by atoms with Crippen molar-refractivity contribution < 1.29 is 44.8 Å². The molecule has 1 aromatic carbocycles. The monoisotopic (exact) mass is 532 g/mol. The molecule has 1 unspecified atom stereocenters. The number of anilines is 1. The van der Waals surface area contributed by atoms with Crippen LogP contribution in [0.2, 0.25) is 0 Å². The average molecular weight is 533 g/mol. The zero-order valence-electron chi connectivity index (χ0n) is 19.9. The number of piperidine rings is 1. The minimum Gasteiger partial charge on any atom is -0.504 e. The Kier molecular flexibility index (Phi) is 6.75. The van der Waals surface area contributed by atoms with Gasteiger partial charge in [-0.15, -0.1) is 0 Å². The molecule has 0 aromatic heterocycles. The second-order valence-corrected chi connectivity index (χ2v) is 10.7. The number of benzene rings is 1. The van der Waals surface area contributed by atoms with Crippen LogP contribution in [0.1, 0.15) is 36.5 Å². The molecule has 1 spiro atoms. The Morgan fingerprint density at radius 2 is 2.03 bits per heavy atom. The number of ketones is 1. The number of carbonyl (C=O) groups excluding carboxylic acids is 2. The lowest BCUT2D eigenvalue weighted by molar-refractivity contribution is -0.137. The fourth-order valence-corrected chi connectivity index (χ4v) is 6.22. The van der Waals surface area contributed by atoms with Crippen LogP contribution in [-0.4, -0.2) is 69.5 Å². The molecule has 1 N–H and O–H groups in total. The Morgan fingerprint density at radius 1 is 1.31 bits per heavy atom. The van der Waals surface area contributed by atoms with Gasteiger partial charge >= 0.3 is 21.6 Å². The number of ether oxygens (including phenoxy) is 2. The number of methoxy groups -OCH3 is 2. The van der Waals surface area contributed by atoms with E-state index in [1.807, 2.05) is 6.92 Å². The summed E-state index contributed by atoms with van der Waals surface area (Å²) < 4.78 is 76.7. The molecule has 3 heterocycles. The molecule has 13 heteroatoms. The molecule has 2 saturated heterocycles. The summed E-state index contributed by atoms with van der Waals surface area (Å²) in [4.78, 5) is 28.5. The molecule has 0 saturated carbocycles. The SMILES string of the molecule is CC[C@@H]1CN2CC[C@]3(Nc4cccc(OS(=O)(=O)C(F)(F)F)c4C3=O)C2C[C@@H]1/C(=C/OC)C(=O)OC. The van der Waals surface area contributed by atoms with Crippen LogP contribution >= 0.6 is 0 Å². The van der Waals surface area contributed by atoms with Crippen molar-refractivity contribution in [1.29, 1.82) is 0 Å². The molecule has 0 bridgehead atoms. The van der Waals surface area contributed by atoms with E-state index in [-0.39, 0.29) is 23.1 Å². The van der Waals surface area contributed by atoms with Crippen LogP contribution in [0, 0.1) is 11.8 Å². The number of nitrogens with zero attached hydrogens (tertiary/aromatic N) is 1. The molecule has 36 heavy (non-hydrogen) atoms. The third-order valence-electron chi connectivity index (χ3n) is 7.41. The molecule has 3 aliphatic rings. The number of Topliss-reactive ketones (excluding diaryl/α,β-unsaturated/α-hetero) is 1. The van der Waals surface area contributed by atoms with Crippen LogP contribution in [0.4, 0.5) is 18.9 Å². The van der Waals surface area contributed by atoms with Gasteiger partial charge in [0.1, 0.15) is 5.54 Å². The molecule has 198 valence electrons. The minimum atomic E-state index is -5.97. The molecule has 0 aliphatic carbocycles. The number of esters is 1. The Balaban J connectivity index is 1.71. The van der Waals surface area contributed by atoms with Crippen molar-refractivity contribution in [3.8, 4) is 5.75 Å². The Hall–Kier alpha value is -2.80. The zero-order valence-corrected chi connectivity index (χ0v) is 20.7. The topological polar surface area (TPSA) is 111 Å². The largest absolute Gasteiger partial charge is 0.534 e. The maximum atomic E-state index is 13.8. The van der Waals surface area contributed by atoms with Crippen LogP contribution in [0.25, 0.3) is 0 Å². The molecule has 0 amide bonds. The van der Waals surface area contributed by atoms with Gasteiger partial charge in [-0.1, -0.05) is 19.4 Å². The number of fused-ring (bicyclic) bond motifs is 3. The summed E-state index contributed by atoms with van der Waals surface area (Å²) in [5.41, 5.74) is -6.55. The Labute approximate surface area is 206 Å². The van der Waals surface area contributed by atoms with E-state index in [1.54, 1.807) is 0 Å². The molecule has 4 atom stereocenters. The fourth-order valence-electron chi connectivity index (χ4n) is 5.75. The highest BCUT2D eigenvalue weighted by molar-refractivity contribution is 7.88. The quantitative estimate of drug-likeness (QED) is 0.194. The number of rotatable bonds is 6. The van der Waals surface area contributed by atoms with Crippen LogP contribution in [-0.2, 0) is 24.4 Å². The first-order chi connectivity index (χ1) is 16.9. The van der Waals surface area contributed by atoms with Crippen molar-refractivity contribution >= 4 is 27.6 Å². The number of alkyl halides is 3. The van der Waals surface area contributed by atoms with Crippen molar-refractivity contribution in [2.75, 3.05) is 32.6 Å². The van der Waals surface area contributed by atoms with Crippen molar-refractivity contribution in [2.24, 2.45) is 11.8 Å². The summed E-state index contributed by atoms with van der Waals surface area (Å²) in [7, 11) is -3.27. The Morgan fingerprint density at radius 3 is 2.64 bits per heavy atom. The summed E-state index contributed by atoms with van der Waals surface area (Å²) >= 11 is 0. The van der Waals surface area contributed by atoms with E-state index < -0.39 is 44.7 Å². The highest BCUT2D eigenvalue weighted by Crippen LogP contribution is 2.50. The molecule has 3 aliphatic heterocycles. The van der Waals surface area contributed by atoms with Gasteiger partial charge in [0.05, 0.1) is 31.6 Å². The number of hydrogen-bond acceptors (Lipinski definition) is 9. The van der Waals surface area contributed by atoms with E-state index in [0.29, 0.717) is 31.5 Å². The van der Waals surface area contributed by atoms with Gasteiger partial charge in [0.15, 0.2) is 11.5 Å². The third kappa shape index (κ3) is 4.11. The van der Waals surface area contributed by atoms with Crippen molar-refractivity contribution in [3.63, 3.8) is 0 Å². The first-order valence-electron chi connectivity index (χ1n) is 11.4. The van der Waals surface area contributed by atoms with Gasteiger partial charge < -0.3 is 19.0 Å². The lowest BCUT2D eigenvalue weighted by Crippen LogP contribution is -2.57. The summed E-state index contributed by atoms with van der Waals surface area (Å²) in [5, 5.41) is 3.18. The summed E-state index contributed by atoms with van der Waals surface area (Å²) in [6.07, 6.45) is 2.84. The number of carbonyl (C=O) groups is 2. The molecular weight excluding hydrogens is 505 g/mol. The average Bonchev–Trinajstić information content (AvgIpc) is 3.33. The Bertz CT molecular complexity index is 1200. The summed E-state index contributed by atoms with van der Waals surface area (Å²) in [6.45, 7) is 3.13. The van der Waals surface area contributed by atoms with E-state index in [2.05, 4.69) is 14.4 Å². The second kappa shape index (κ2) is 9.25. The second-order valence-electron chi connectivity index (χ2n) is 9.16. The van der Waals surface area contributed by atoms with Gasteiger partial charge in [0.25, 0.3) is 0 Å². The van der Waals surface area contributed by atoms with Gasteiger partial charge in [-0.2, -0.15) is 21.6 Å². The first-order valence-corrected chi connectivity index (χ1v) is 12.8. The van der Waals surface area contributed by atoms with Crippen molar-refractivity contribution in [2.45, 2.75) is 43.3 Å². The third-order valence-corrected chi connectivity index (χ3v) is 8.37. The van der Waals surface area contributed by atoms with Crippen LogP contribution in [0.15, 0.2) is 30.0 Å². The van der Waals surface area contributed by atoms with Gasteiger partial charge in [-0.3, -0.25) is 9.69 Å². The molecule has 4 rings (SSSR count). The van der Waals surface area contributed by atoms with E-state index in [9.17, 15) is 31.2 Å². The smallest absolute Gasteiger partial charge is 0.504 e. The van der Waals surface area contributed by atoms with Crippen molar-refractivity contribution in [3.05, 3.63) is 35.6 Å². The maximum absolute atomic E-state index is 13.8. The first kappa shape index (κ1) is 26.3. The predicted molar refractivity (Wildman–Crippen MR) is 122 cm³/mol. The normalized spacial score (nSPS) is 28.4. The van der Waals surface area contributed by atoms with Crippen LogP contribution in [0.3, 0.4) is 0 Å². The lowest BCUT2D eigenvalue weighted by Gasteiger charge is -2.45. The molecule has 1 aromatic rings. The number of hydrogen-bond donors (Lipinski definition) is 1. The molecule has 0 radical (unpaired) electrons. The number of nitrogens with one attached hydrogen (secondary N) is 1. The molecule has 9 nitrogen and oxygen atoms in total. The van der Waals surface area contributed by atoms with Crippen molar-refractivity contribution in [1.82, 2.24) is 4.90 Å². The fraction of sp³-hybridized carbons (Fsp3) is 0.565. The van der Waals surface area contributed by atoms with Gasteiger partial charge in [-0.05, 0) is 36.8 Å². The van der Waals surface area contributed by atoms with Crippen LogP contribution < -0.4 is 9.50 Å². The summed E-state index contributed by atoms with van der Waals surface area (Å²) in [6, 6.07) is 3.43. The zero-order chi connectivity index (χ0) is 26.5. The molecule has 2 fully saturated rings. The van der Waals surface area contributed by atoms with E-state index in [1.165, 1.54) is 32.6 Å². The van der Waals surface area contributed by atoms with Gasteiger partial charge in [0, 0.05) is 24.8 Å². The van der Waals surface area contributed by atoms with E-state index in [0.717, 1.165) is 12.5 Å². The van der Waals surface area contributed by atoms with E-state index >= 15 is 0 Å². The van der Waals surface area contributed by atoms with Crippen LogP contribution in [0.5, 0.6) is 5.75 Å². The van der Waals surface area contributed by atoms with E-state index in [4.69, 9.17) is 9.47 Å².